The number of carbonyl (C=O) groups is 2. The quantitative estimate of drug-likeness (QED) is 0.0122. The third kappa shape index (κ3) is 36.7. The minimum Gasteiger partial charge on any atom is -0.462 e. The molecule has 17 nitrogen and oxygen atoms in total. The standard InChI is InChI=1S/C52H88O17P2/c1-2-3-4-5-6-7-8-9-10-11-12-13-15-19-22-25-28-31-34-37-40-46(55)67-44(43-66-71(63,64)69-52-49(58)47(56)48(57)51(50(52)59)68-70(60,61)62)42-65-45(54)39-36-33-30-27-24-21-18-16-14-17-20-23-26-29-32-35-38-41-53/h7-8,10-11,13-15,17-18,21,23,26-27,30,44,47-53,56-59H,2-6,9,12,16,19-20,22,24-25,28-29,31-43H2,1H3,(H,63,64)(H2,60,61,62)/b8-7-,11-10-,15-13-,17-14-,21-18-,26-23-,30-27-/t44-,47?,48?,49?,50?,51-,52+/m1/s1. The van der Waals surface area contributed by atoms with Crippen LogP contribution in [0.25, 0.3) is 0 Å². The largest absolute Gasteiger partial charge is 0.472 e. The van der Waals surface area contributed by atoms with Gasteiger partial charge in [-0.05, 0) is 96.3 Å². The smallest absolute Gasteiger partial charge is 0.462 e. The third-order valence-electron chi connectivity index (χ3n) is 11.2. The van der Waals surface area contributed by atoms with Crippen LogP contribution in [-0.2, 0) is 41.8 Å². The molecular weight excluding hydrogens is 959 g/mol. The van der Waals surface area contributed by atoms with E-state index in [0.717, 1.165) is 103 Å². The van der Waals surface area contributed by atoms with Gasteiger partial charge in [0.25, 0.3) is 0 Å². The number of hydrogen-bond acceptors (Lipinski definition) is 14. The Labute approximate surface area is 423 Å². The summed E-state index contributed by atoms with van der Waals surface area (Å²) in [6.45, 7) is 1.05. The van der Waals surface area contributed by atoms with Crippen molar-refractivity contribution in [2.75, 3.05) is 19.8 Å². The van der Waals surface area contributed by atoms with Gasteiger partial charge in [0.2, 0.25) is 0 Å². The van der Waals surface area contributed by atoms with E-state index in [1.165, 1.54) is 25.7 Å². The van der Waals surface area contributed by atoms with Crippen LogP contribution in [-0.4, -0.2) is 115 Å². The molecular formula is C52H88O17P2. The van der Waals surface area contributed by atoms with Gasteiger partial charge in [-0.25, -0.2) is 9.13 Å². The lowest BCUT2D eigenvalue weighted by atomic mass is 9.85. The summed E-state index contributed by atoms with van der Waals surface area (Å²) in [6.07, 6.45) is 36.8. The molecule has 1 aliphatic rings. The number of rotatable bonds is 43. The van der Waals surface area contributed by atoms with E-state index in [9.17, 15) is 53.8 Å². The molecule has 408 valence electrons. The number of phosphoric ester groups is 2. The van der Waals surface area contributed by atoms with Crippen molar-refractivity contribution in [3.05, 3.63) is 85.1 Å². The zero-order chi connectivity index (χ0) is 52.4. The van der Waals surface area contributed by atoms with Crippen molar-refractivity contribution in [2.24, 2.45) is 0 Å². The number of esters is 2. The van der Waals surface area contributed by atoms with Crippen LogP contribution in [0.5, 0.6) is 0 Å². The third-order valence-corrected chi connectivity index (χ3v) is 12.7. The van der Waals surface area contributed by atoms with E-state index in [0.29, 0.717) is 19.3 Å². The average Bonchev–Trinajstić information content (AvgIpc) is 3.33. The second-order valence-corrected chi connectivity index (χ2v) is 20.2. The summed E-state index contributed by atoms with van der Waals surface area (Å²) >= 11 is 0. The molecule has 0 bridgehead atoms. The topological polar surface area (TPSA) is 276 Å². The highest BCUT2D eigenvalue weighted by Gasteiger charge is 2.54. The first-order valence-corrected chi connectivity index (χ1v) is 28.8. The summed E-state index contributed by atoms with van der Waals surface area (Å²) in [7, 11) is -10.7. The summed E-state index contributed by atoms with van der Waals surface area (Å²) in [5, 5.41) is 50.1. The molecule has 19 heteroatoms. The van der Waals surface area contributed by atoms with Gasteiger partial charge >= 0.3 is 27.6 Å². The maximum Gasteiger partial charge on any atom is 0.472 e. The van der Waals surface area contributed by atoms with Gasteiger partial charge in [-0.3, -0.25) is 23.2 Å². The minimum absolute atomic E-state index is 0.00791. The highest BCUT2D eigenvalue weighted by molar-refractivity contribution is 7.47. The van der Waals surface area contributed by atoms with E-state index < -0.39 is 83.5 Å². The summed E-state index contributed by atoms with van der Waals surface area (Å²) < 4.78 is 49.4. The first-order valence-electron chi connectivity index (χ1n) is 25.7. The van der Waals surface area contributed by atoms with Crippen LogP contribution < -0.4 is 0 Å². The first kappa shape index (κ1) is 66.2. The van der Waals surface area contributed by atoms with Gasteiger partial charge in [-0.2, -0.15) is 0 Å². The number of ether oxygens (including phenoxy) is 2. The van der Waals surface area contributed by atoms with E-state index in [-0.39, 0.29) is 19.4 Å². The number of hydrogen-bond donors (Lipinski definition) is 8. The molecule has 0 radical (unpaired) electrons. The molecule has 0 amide bonds. The molecule has 71 heavy (non-hydrogen) atoms. The van der Waals surface area contributed by atoms with E-state index >= 15 is 0 Å². The van der Waals surface area contributed by atoms with Crippen molar-refractivity contribution in [3.8, 4) is 0 Å². The number of carbonyl (C=O) groups excluding carboxylic acids is 2. The molecule has 0 saturated heterocycles. The Morgan fingerprint density at radius 1 is 0.479 bits per heavy atom. The predicted octanol–water partition coefficient (Wildman–Crippen LogP) is 9.54. The SMILES string of the molecule is CCCCCC/C=C\C/C=C\C/C=C\CCCCCCCCC(=O)O[C@H](COC(=O)CCC/C=C\C/C=C\C/C=C\C/C=C\CCCCCO)COP(=O)(O)O[C@H]1C(O)C(O)C(O)[C@@H](OP(=O)(O)O)C1O. The van der Waals surface area contributed by atoms with Crippen molar-refractivity contribution in [1.29, 1.82) is 0 Å². The lowest BCUT2D eigenvalue weighted by Crippen LogP contribution is -2.64. The number of aliphatic hydroxyl groups excluding tert-OH is 5. The molecule has 1 saturated carbocycles. The predicted molar refractivity (Wildman–Crippen MR) is 275 cm³/mol. The fourth-order valence-corrected chi connectivity index (χ4v) is 8.78. The van der Waals surface area contributed by atoms with Crippen LogP contribution in [0.1, 0.15) is 167 Å². The molecule has 0 aromatic carbocycles. The zero-order valence-electron chi connectivity index (χ0n) is 42.1. The highest BCUT2D eigenvalue weighted by atomic mass is 31.2. The normalized spacial score (nSPS) is 21.5. The molecule has 0 heterocycles. The van der Waals surface area contributed by atoms with E-state index in [4.69, 9.17) is 23.6 Å². The Morgan fingerprint density at radius 2 is 0.887 bits per heavy atom. The Hall–Kier alpha value is -2.86. The lowest BCUT2D eigenvalue weighted by molar-refractivity contribution is -0.216. The van der Waals surface area contributed by atoms with Crippen LogP contribution in [0.2, 0.25) is 0 Å². The monoisotopic (exact) mass is 1050 g/mol. The second kappa shape index (κ2) is 42.5. The number of aliphatic hydroxyl groups is 5. The molecule has 8 N–H and O–H groups in total. The Morgan fingerprint density at radius 3 is 1.37 bits per heavy atom. The molecule has 0 aliphatic heterocycles. The van der Waals surface area contributed by atoms with Crippen molar-refractivity contribution in [2.45, 2.75) is 210 Å². The van der Waals surface area contributed by atoms with E-state index in [2.05, 4.69) is 78.3 Å². The van der Waals surface area contributed by atoms with Crippen LogP contribution in [0, 0.1) is 0 Å². The molecule has 0 aromatic rings. The maximum absolute atomic E-state index is 13.0. The summed E-state index contributed by atoms with van der Waals surface area (Å²) in [5.41, 5.74) is 0. The van der Waals surface area contributed by atoms with Gasteiger partial charge in [0, 0.05) is 19.4 Å². The molecule has 8 atom stereocenters. The first-order chi connectivity index (χ1) is 34.1. The Kier molecular flexibility index (Phi) is 39.6. The summed E-state index contributed by atoms with van der Waals surface area (Å²) in [5.74, 6) is -1.31. The fraction of sp³-hybridized carbons (Fsp3) is 0.692. The Bertz CT molecular complexity index is 1690. The van der Waals surface area contributed by atoms with Gasteiger partial charge in [0.05, 0.1) is 6.61 Å². The molecule has 0 spiro atoms. The number of phosphoric acid groups is 2. The molecule has 1 fully saturated rings. The molecule has 1 rings (SSSR count). The molecule has 0 aromatic heterocycles. The van der Waals surface area contributed by atoms with Gasteiger partial charge in [-0.1, -0.05) is 143 Å². The van der Waals surface area contributed by atoms with Crippen molar-refractivity contribution >= 4 is 27.6 Å². The number of allylic oxidation sites excluding steroid dienone is 14. The van der Waals surface area contributed by atoms with Crippen LogP contribution in [0.15, 0.2) is 85.1 Å². The molecule has 5 unspecified atom stereocenters. The van der Waals surface area contributed by atoms with Crippen molar-refractivity contribution < 1.29 is 82.0 Å². The summed E-state index contributed by atoms with van der Waals surface area (Å²) in [4.78, 5) is 54.4. The van der Waals surface area contributed by atoms with Crippen LogP contribution in [0.3, 0.4) is 0 Å². The fourth-order valence-electron chi connectivity index (χ4n) is 7.24. The van der Waals surface area contributed by atoms with E-state index in [1.54, 1.807) is 0 Å². The summed E-state index contributed by atoms with van der Waals surface area (Å²) in [6, 6.07) is 0. The lowest BCUT2D eigenvalue weighted by Gasteiger charge is -2.43. The van der Waals surface area contributed by atoms with Crippen molar-refractivity contribution in [3.63, 3.8) is 0 Å². The maximum atomic E-state index is 13.0. The second-order valence-electron chi connectivity index (χ2n) is 17.6. The van der Waals surface area contributed by atoms with Crippen LogP contribution in [0.4, 0.5) is 0 Å². The average molecular weight is 1050 g/mol. The van der Waals surface area contributed by atoms with Crippen molar-refractivity contribution in [1.82, 2.24) is 0 Å². The number of unbranched alkanes of at least 4 members (excludes halogenated alkanes) is 14. The molecule has 1 aliphatic carbocycles. The van der Waals surface area contributed by atoms with Gasteiger partial charge < -0.3 is 49.7 Å². The zero-order valence-corrected chi connectivity index (χ0v) is 43.9. The minimum atomic E-state index is -5.38. The highest BCUT2D eigenvalue weighted by Crippen LogP contribution is 2.49. The Balaban J connectivity index is 2.60. The van der Waals surface area contributed by atoms with Crippen LogP contribution >= 0.6 is 15.6 Å². The van der Waals surface area contributed by atoms with Gasteiger partial charge in [0.15, 0.2) is 6.10 Å². The van der Waals surface area contributed by atoms with Gasteiger partial charge in [-0.15, -0.1) is 0 Å². The van der Waals surface area contributed by atoms with Gasteiger partial charge in [0.1, 0.15) is 43.2 Å². The van der Waals surface area contributed by atoms with E-state index in [1.807, 2.05) is 18.2 Å².